The minimum atomic E-state index is -0.916. The zero-order valence-corrected chi connectivity index (χ0v) is 11.1. The van der Waals surface area contributed by atoms with Gasteiger partial charge < -0.3 is 16.0 Å². The van der Waals surface area contributed by atoms with Gasteiger partial charge in [-0.25, -0.2) is 8.78 Å². The summed E-state index contributed by atoms with van der Waals surface area (Å²) in [5, 5.41) is 2.85. The quantitative estimate of drug-likeness (QED) is 0.770. The number of nitrogens with one attached hydrogen (secondary N) is 1. The Bertz CT molecular complexity index is 396. The van der Waals surface area contributed by atoms with Crippen molar-refractivity contribution in [2.24, 2.45) is 0 Å². The molecule has 0 radical (unpaired) electrons. The summed E-state index contributed by atoms with van der Waals surface area (Å²) in [5.74, 6) is -1.80. The second kappa shape index (κ2) is 6.54. The summed E-state index contributed by atoms with van der Waals surface area (Å²) in [6.07, 6.45) is 1.05. The highest BCUT2D eigenvalue weighted by atomic mass is 19.2. The number of nitrogens with two attached hydrogens (primary N) is 1. The Morgan fingerprint density at radius 1 is 1.39 bits per heavy atom. The van der Waals surface area contributed by atoms with Gasteiger partial charge in [0.25, 0.3) is 0 Å². The van der Waals surface area contributed by atoms with E-state index in [1.807, 2.05) is 7.05 Å². The standard InChI is InChI=1S/C13H21F2N3/c1-4-9(2)18(3)8-7-17-13-11(16)6-5-10(14)12(13)15/h5-6,9,17H,4,7-8,16H2,1-3H3. The number of hydrogen-bond acceptors (Lipinski definition) is 3. The maximum atomic E-state index is 13.5. The topological polar surface area (TPSA) is 41.3 Å². The molecule has 3 N–H and O–H groups in total. The average Bonchev–Trinajstić information content (AvgIpc) is 2.36. The second-order valence-electron chi connectivity index (χ2n) is 4.49. The predicted octanol–water partition coefficient (Wildman–Crippen LogP) is 2.69. The van der Waals surface area contributed by atoms with Gasteiger partial charge in [-0.3, -0.25) is 0 Å². The van der Waals surface area contributed by atoms with Crippen LogP contribution >= 0.6 is 0 Å². The molecular formula is C13H21F2N3. The summed E-state index contributed by atoms with van der Waals surface area (Å²) in [6, 6.07) is 2.85. The first-order chi connectivity index (χ1) is 8.47. The molecule has 0 spiro atoms. The normalized spacial score (nSPS) is 12.8. The molecule has 0 amide bonds. The van der Waals surface area contributed by atoms with Gasteiger partial charge in [-0.1, -0.05) is 6.92 Å². The fourth-order valence-electron chi connectivity index (χ4n) is 1.63. The number of likely N-dealkylation sites (N-methyl/N-ethyl adjacent to an activating group) is 1. The number of halogens is 2. The lowest BCUT2D eigenvalue weighted by Crippen LogP contribution is -2.32. The van der Waals surface area contributed by atoms with Gasteiger partial charge in [0.05, 0.1) is 11.4 Å². The van der Waals surface area contributed by atoms with Crippen molar-refractivity contribution < 1.29 is 8.78 Å². The van der Waals surface area contributed by atoms with E-state index in [1.54, 1.807) is 0 Å². The first-order valence-electron chi connectivity index (χ1n) is 6.15. The summed E-state index contributed by atoms with van der Waals surface area (Å²) in [4.78, 5) is 2.15. The van der Waals surface area contributed by atoms with E-state index in [-0.39, 0.29) is 11.4 Å². The van der Waals surface area contributed by atoms with Gasteiger partial charge in [0.1, 0.15) is 0 Å². The van der Waals surface area contributed by atoms with Gasteiger partial charge in [0.15, 0.2) is 11.6 Å². The second-order valence-corrected chi connectivity index (χ2v) is 4.49. The lowest BCUT2D eigenvalue weighted by atomic mass is 10.2. The molecule has 0 aliphatic carbocycles. The highest BCUT2D eigenvalue weighted by Crippen LogP contribution is 2.24. The van der Waals surface area contributed by atoms with Crippen LogP contribution in [0.5, 0.6) is 0 Å². The third-order valence-electron chi connectivity index (χ3n) is 3.24. The molecule has 1 aromatic carbocycles. The smallest absolute Gasteiger partial charge is 0.183 e. The van der Waals surface area contributed by atoms with Crippen molar-refractivity contribution in [1.29, 1.82) is 0 Å². The van der Waals surface area contributed by atoms with Crippen LogP contribution in [0.2, 0.25) is 0 Å². The highest BCUT2D eigenvalue weighted by Gasteiger charge is 2.12. The molecule has 1 aromatic rings. The van der Waals surface area contributed by atoms with E-state index in [9.17, 15) is 8.78 Å². The van der Waals surface area contributed by atoms with Gasteiger partial charge in [0.2, 0.25) is 0 Å². The Hall–Kier alpha value is -1.36. The molecule has 18 heavy (non-hydrogen) atoms. The van der Waals surface area contributed by atoms with E-state index in [1.165, 1.54) is 6.07 Å². The minimum Gasteiger partial charge on any atom is -0.397 e. The third kappa shape index (κ3) is 3.57. The fourth-order valence-corrected chi connectivity index (χ4v) is 1.63. The molecule has 1 rings (SSSR count). The number of hydrogen-bond donors (Lipinski definition) is 2. The van der Waals surface area contributed by atoms with Crippen molar-refractivity contribution in [2.45, 2.75) is 26.3 Å². The first kappa shape index (κ1) is 14.7. The Labute approximate surface area is 107 Å². The molecule has 1 atom stereocenters. The van der Waals surface area contributed by atoms with Crippen LogP contribution in [0.3, 0.4) is 0 Å². The molecule has 0 aliphatic rings. The van der Waals surface area contributed by atoms with E-state index >= 15 is 0 Å². The predicted molar refractivity (Wildman–Crippen MR) is 71.6 cm³/mol. The Morgan fingerprint density at radius 2 is 2.06 bits per heavy atom. The van der Waals surface area contributed by atoms with E-state index < -0.39 is 11.6 Å². The molecule has 0 aliphatic heterocycles. The monoisotopic (exact) mass is 257 g/mol. The van der Waals surface area contributed by atoms with E-state index in [4.69, 9.17) is 5.73 Å². The largest absolute Gasteiger partial charge is 0.397 e. The lowest BCUT2D eigenvalue weighted by Gasteiger charge is -2.23. The maximum absolute atomic E-state index is 13.5. The molecule has 0 fully saturated rings. The van der Waals surface area contributed by atoms with Crippen molar-refractivity contribution in [3.63, 3.8) is 0 Å². The molecule has 0 heterocycles. The van der Waals surface area contributed by atoms with Crippen LogP contribution in [0.15, 0.2) is 12.1 Å². The summed E-state index contributed by atoms with van der Waals surface area (Å²) >= 11 is 0. The van der Waals surface area contributed by atoms with Crippen molar-refractivity contribution in [1.82, 2.24) is 4.90 Å². The van der Waals surface area contributed by atoms with Gasteiger partial charge in [-0.2, -0.15) is 0 Å². The van der Waals surface area contributed by atoms with Gasteiger partial charge in [-0.05, 0) is 32.5 Å². The van der Waals surface area contributed by atoms with Crippen LogP contribution in [-0.2, 0) is 0 Å². The fraction of sp³-hybridized carbons (Fsp3) is 0.538. The van der Waals surface area contributed by atoms with Crippen LogP contribution in [0.1, 0.15) is 20.3 Å². The van der Waals surface area contributed by atoms with Crippen LogP contribution < -0.4 is 11.1 Å². The summed E-state index contributed by atoms with van der Waals surface area (Å²) in [7, 11) is 2.00. The number of rotatable bonds is 6. The Kier molecular flexibility index (Phi) is 5.34. The lowest BCUT2D eigenvalue weighted by molar-refractivity contribution is 0.261. The molecule has 1 unspecified atom stereocenters. The average molecular weight is 257 g/mol. The number of nitrogen functional groups attached to an aromatic ring is 1. The van der Waals surface area contributed by atoms with Gasteiger partial charge in [-0.15, -0.1) is 0 Å². The molecule has 0 saturated carbocycles. The maximum Gasteiger partial charge on any atom is 0.183 e. The van der Waals surface area contributed by atoms with Crippen molar-refractivity contribution in [2.75, 3.05) is 31.2 Å². The zero-order chi connectivity index (χ0) is 13.7. The molecule has 5 heteroatoms. The Balaban J connectivity index is 2.57. The third-order valence-corrected chi connectivity index (χ3v) is 3.24. The number of nitrogens with zero attached hydrogens (tertiary/aromatic N) is 1. The number of benzene rings is 1. The molecule has 0 aromatic heterocycles. The van der Waals surface area contributed by atoms with Crippen LogP contribution in [-0.4, -0.2) is 31.1 Å². The van der Waals surface area contributed by atoms with Crippen molar-refractivity contribution in [3.8, 4) is 0 Å². The Morgan fingerprint density at radius 3 is 2.67 bits per heavy atom. The summed E-state index contributed by atoms with van der Waals surface area (Å²) in [5.41, 5.74) is 5.88. The first-order valence-corrected chi connectivity index (χ1v) is 6.15. The van der Waals surface area contributed by atoms with E-state index in [0.717, 1.165) is 19.0 Å². The van der Waals surface area contributed by atoms with E-state index in [0.29, 0.717) is 12.6 Å². The molecule has 102 valence electrons. The molecule has 3 nitrogen and oxygen atoms in total. The van der Waals surface area contributed by atoms with Gasteiger partial charge >= 0.3 is 0 Å². The van der Waals surface area contributed by atoms with Crippen LogP contribution in [0.25, 0.3) is 0 Å². The van der Waals surface area contributed by atoms with Crippen molar-refractivity contribution in [3.05, 3.63) is 23.8 Å². The summed E-state index contributed by atoms with van der Waals surface area (Å²) < 4.78 is 26.5. The number of anilines is 2. The van der Waals surface area contributed by atoms with E-state index in [2.05, 4.69) is 24.1 Å². The summed E-state index contributed by atoms with van der Waals surface area (Å²) in [6.45, 7) is 5.49. The van der Waals surface area contributed by atoms with Gasteiger partial charge in [0, 0.05) is 19.1 Å². The zero-order valence-electron chi connectivity index (χ0n) is 11.1. The van der Waals surface area contributed by atoms with Crippen LogP contribution in [0.4, 0.5) is 20.2 Å². The molecule has 0 bridgehead atoms. The van der Waals surface area contributed by atoms with Crippen molar-refractivity contribution >= 4 is 11.4 Å². The molecule has 0 saturated heterocycles. The highest BCUT2D eigenvalue weighted by molar-refractivity contribution is 5.66. The minimum absolute atomic E-state index is 0.0487. The molecular weight excluding hydrogens is 236 g/mol. The van der Waals surface area contributed by atoms with Crippen LogP contribution in [0, 0.1) is 11.6 Å². The SMILES string of the molecule is CCC(C)N(C)CCNc1c(N)ccc(F)c1F.